The van der Waals surface area contributed by atoms with Gasteiger partial charge in [0, 0.05) is 77.6 Å². The first kappa shape index (κ1) is 31.8. The molecule has 0 aliphatic heterocycles. The van der Waals surface area contributed by atoms with Gasteiger partial charge in [0.1, 0.15) is 0 Å². The van der Waals surface area contributed by atoms with Crippen molar-refractivity contribution in [2.24, 2.45) is 0 Å². The van der Waals surface area contributed by atoms with E-state index < -0.39 is 0 Å². The maximum atomic E-state index is 0. The Morgan fingerprint density at radius 3 is 0.500 bits per heavy atom. The monoisotopic (exact) mass is 222 g/mol. The molecular formula is Cu2Ti2. The minimum atomic E-state index is 0. The van der Waals surface area contributed by atoms with Gasteiger partial charge in [-0.15, -0.1) is 0 Å². The zero-order valence-electron chi connectivity index (χ0n) is 1.60. The van der Waals surface area contributed by atoms with Crippen molar-refractivity contribution in [3.05, 3.63) is 0 Å². The van der Waals surface area contributed by atoms with Crippen molar-refractivity contribution in [1.82, 2.24) is 0 Å². The van der Waals surface area contributed by atoms with Crippen LogP contribution in [0.4, 0.5) is 0 Å². The predicted molar refractivity (Wildman–Crippen MR) is 0 cm³/mol. The van der Waals surface area contributed by atoms with Crippen LogP contribution in [0.2, 0.25) is 0 Å². The molecule has 0 aromatic carbocycles. The summed E-state index contributed by atoms with van der Waals surface area (Å²) in [4.78, 5) is 0. The summed E-state index contributed by atoms with van der Waals surface area (Å²) in [7, 11) is 0. The molecule has 0 aliphatic carbocycles. The Morgan fingerprint density at radius 1 is 0.500 bits per heavy atom. The molecule has 4 heavy (non-hydrogen) atoms. The fourth-order valence-electron chi connectivity index (χ4n) is 0. The van der Waals surface area contributed by atoms with Crippen LogP contribution < -0.4 is 0 Å². The number of hydrogen-bond donors (Lipinski definition) is 0. The van der Waals surface area contributed by atoms with Crippen molar-refractivity contribution in [1.29, 1.82) is 0 Å². The SMILES string of the molecule is [Cu].[Cu].[Ti].[Ti]. The van der Waals surface area contributed by atoms with E-state index in [1.165, 1.54) is 0 Å². The van der Waals surface area contributed by atoms with Gasteiger partial charge in [0.25, 0.3) is 0 Å². The second-order valence-corrected chi connectivity index (χ2v) is 0. The van der Waals surface area contributed by atoms with E-state index in [0.717, 1.165) is 0 Å². The molecule has 0 fully saturated rings. The Morgan fingerprint density at radius 2 is 0.500 bits per heavy atom. The van der Waals surface area contributed by atoms with Crippen LogP contribution in [0.3, 0.4) is 0 Å². The van der Waals surface area contributed by atoms with Crippen molar-refractivity contribution >= 4 is 0 Å². The van der Waals surface area contributed by atoms with Crippen LogP contribution in [0.1, 0.15) is 0 Å². The van der Waals surface area contributed by atoms with E-state index in [4.69, 9.17) is 0 Å². The Kier molecular flexibility index (Phi) is 142. The van der Waals surface area contributed by atoms with Crippen molar-refractivity contribution in [3.8, 4) is 0 Å². The fraction of sp³-hybridized carbons (Fsp3) is 0. The molecule has 0 nitrogen and oxygen atoms in total. The van der Waals surface area contributed by atoms with Gasteiger partial charge in [-0.05, 0) is 0 Å². The quantitative estimate of drug-likeness (QED) is 0.506. The summed E-state index contributed by atoms with van der Waals surface area (Å²) in [5.74, 6) is 0. The standard InChI is InChI=1S/2Cu.2Ti. The summed E-state index contributed by atoms with van der Waals surface area (Å²) in [5.41, 5.74) is 0. The maximum Gasteiger partial charge on any atom is 0 e. The van der Waals surface area contributed by atoms with E-state index in [0.29, 0.717) is 0 Å². The van der Waals surface area contributed by atoms with Crippen molar-refractivity contribution in [2.45, 2.75) is 0 Å². The molecule has 0 heterocycles. The van der Waals surface area contributed by atoms with Gasteiger partial charge in [0.05, 0.1) is 0 Å². The summed E-state index contributed by atoms with van der Waals surface area (Å²) in [6.45, 7) is 0. The zero-order valence-corrected chi connectivity index (χ0v) is 6.61. The predicted octanol–water partition coefficient (Wildman–Crippen LogP) is -0.0100. The summed E-state index contributed by atoms with van der Waals surface area (Å²) in [6, 6.07) is 0. The Labute approximate surface area is 76.6 Å². The molecule has 0 aromatic heterocycles. The van der Waals surface area contributed by atoms with Crippen LogP contribution >= 0.6 is 0 Å². The molecule has 0 saturated heterocycles. The molecule has 0 bridgehead atoms. The number of rotatable bonds is 0. The van der Waals surface area contributed by atoms with Gasteiger partial charge >= 0.3 is 0 Å². The van der Waals surface area contributed by atoms with E-state index in [1.54, 1.807) is 0 Å². The van der Waals surface area contributed by atoms with E-state index in [9.17, 15) is 0 Å². The molecule has 0 saturated carbocycles. The topological polar surface area (TPSA) is 0 Å². The first-order valence-electron chi connectivity index (χ1n) is 0. The van der Waals surface area contributed by atoms with Gasteiger partial charge in [-0.3, -0.25) is 0 Å². The molecule has 0 spiro atoms. The van der Waals surface area contributed by atoms with E-state index >= 15 is 0 Å². The molecule has 0 amide bonds. The fourth-order valence-corrected chi connectivity index (χ4v) is 0. The van der Waals surface area contributed by atoms with E-state index in [1.807, 2.05) is 0 Å². The molecule has 0 unspecified atom stereocenters. The van der Waals surface area contributed by atoms with Gasteiger partial charge < -0.3 is 0 Å². The van der Waals surface area contributed by atoms with Gasteiger partial charge in [0.15, 0.2) is 0 Å². The summed E-state index contributed by atoms with van der Waals surface area (Å²) in [5, 5.41) is 0. The van der Waals surface area contributed by atoms with Crippen LogP contribution in [-0.2, 0) is 77.6 Å². The molecule has 0 aromatic rings. The smallest absolute Gasteiger partial charge is 0 e. The maximum absolute atomic E-state index is 0. The van der Waals surface area contributed by atoms with Gasteiger partial charge in [-0.1, -0.05) is 0 Å². The van der Waals surface area contributed by atoms with Gasteiger partial charge in [-0.2, -0.15) is 0 Å². The summed E-state index contributed by atoms with van der Waals surface area (Å²) < 4.78 is 0. The first-order chi connectivity index (χ1) is 0. The van der Waals surface area contributed by atoms with Crippen molar-refractivity contribution < 1.29 is 77.6 Å². The van der Waals surface area contributed by atoms with Crippen LogP contribution in [0.15, 0.2) is 0 Å². The van der Waals surface area contributed by atoms with Crippen LogP contribution in [0.25, 0.3) is 0 Å². The number of hydrogen-bond acceptors (Lipinski definition) is 0. The Bertz CT molecular complexity index is 4.00. The van der Waals surface area contributed by atoms with Crippen LogP contribution in [-0.4, -0.2) is 0 Å². The van der Waals surface area contributed by atoms with Gasteiger partial charge in [-0.25, -0.2) is 0 Å². The second kappa shape index (κ2) is 17.9. The third-order valence-electron chi connectivity index (χ3n) is 0. The summed E-state index contributed by atoms with van der Waals surface area (Å²) in [6.07, 6.45) is 0. The largest absolute Gasteiger partial charge is 0 e. The van der Waals surface area contributed by atoms with E-state index in [-0.39, 0.29) is 77.6 Å². The Hall–Kier alpha value is 2.47. The van der Waals surface area contributed by atoms with Crippen LogP contribution in [0, 0.1) is 0 Å². The molecule has 2 radical (unpaired) electrons. The molecule has 0 N–H and O–H groups in total. The minimum absolute atomic E-state index is 0. The average molecular weight is 223 g/mol. The van der Waals surface area contributed by atoms with Crippen molar-refractivity contribution in [3.63, 3.8) is 0 Å². The third kappa shape index (κ3) is 8.82. The van der Waals surface area contributed by atoms with E-state index in [2.05, 4.69) is 0 Å². The molecule has 0 aliphatic rings. The molecular weight excluding hydrogens is 223 g/mol. The average Bonchev–Trinajstić information content (AvgIpc) is 0. The third-order valence-corrected chi connectivity index (χ3v) is 0. The van der Waals surface area contributed by atoms with Crippen LogP contribution in [0.5, 0.6) is 0 Å². The Balaban J connectivity index is 0. The first-order valence-corrected chi connectivity index (χ1v) is 0. The molecule has 30 valence electrons. The zero-order chi connectivity index (χ0) is 0. The normalized spacial score (nSPS) is 0. The van der Waals surface area contributed by atoms with Gasteiger partial charge in [0.2, 0.25) is 0 Å². The van der Waals surface area contributed by atoms with Crippen molar-refractivity contribution in [2.75, 3.05) is 0 Å². The molecule has 0 rings (SSSR count). The second-order valence-electron chi connectivity index (χ2n) is 0. The summed E-state index contributed by atoms with van der Waals surface area (Å²) >= 11 is 0. The minimum Gasteiger partial charge on any atom is 0 e. The molecule has 0 atom stereocenters. The molecule has 4 heteroatoms.